The van der Waals surface area contributed by atoms with Gasteiger partial charge in [-0.3, -0.25) is 0 Å². The SMILES string of the molecule is C#C[C@@H](Cc1cc(C)cc(O)c1)O[Si](C)(C)C(C)(C)C. The van der Waals surface area contributed by atoms with Crippen LogP contribution in [0.1, 0.15) is 31.9 Å². The van der Waals surface area contributed by atoms with Crippen molar-refractivity contribution in [3.63, 3.8) is 0 Å². The quantitative estimate of drug-likeness (QED) is 0.663. The molecular formula is C17H26O2Si. The Morgan fingerprint density at radius 2 is 1.90 bits per heavy atom. The summed E-state index contributed by atoms with van der Waals surface area (Å²) in [6.07, 6.45) is 6.03. The molecule has 0 unspecified atom stereocenters. The van der Waals surface area contributed by atoms with E-state index in [0.717, 1.165) is 11.1 Å². The molecule has 1 N–H and O–H groups in total. The van der Waals surface area contributed by atoms with Crippen LogP contribution in [0.3, 0.4) is 0 Å². The van der Waals surface area contributed by atoms with Gasteiger partial charge in [-0.2, -0.15) is 0 Å². The second-order valence-corrected chi connectivity index (χ2v) is 11.7. The molecule has 0 aromatic heterocycles. The summed E-state index contributed by atoms with van der Waals surface area (Å²) < 4.78 is 6.26. The van der Waals surface area contributed by atoms with Crippen LogP contribution in [0.4, 0.5) is 0 Å². The first-order valence-electron chi connectivity index (χ1n) is 6.98. The molecule has 0 aliphatic carbocycles. The van der Waals surface area contributed by atoms with E-state index in [1.807, 2.05) is 13.0 Å². The summed E-state index contributed by atoms with van der Waals surface area (Å²) in [7, 11) is -1.88. The molecule has 0 heterocycles. The van der Waals surface area contributed by atoms with Gasteiger partial charge in [-0.1, -0.05) is 32.8 Å². The van der Waals surface area contributed by atoms with E-state index in [2.05, 4.69) is 39.8 Å². The van der Waals surface area contributed by atoms with Gasteiger partial charge in [0.15, 0.2) is 8.32 Å². The van der Waals surface area contributed by atoms with Crippen molar-refractivity contribution >= 4 is 8.32 Å². The second kappa shape index (κ2) is 6.03. The molecule has 0 amide bonds. The molecule has 2 nitrogen and oxygen atoms in total. The van der Waals surface area contributed by atoms with Crippen molar-refractivity contribution in [2.45, 2.75) is 58.4 Å². The first-order valence-corrected chi connectivity index (χ1v) is 9.89. The Kier molecular flexibility index (Phi) is 5.07. The lowest BCUT2D eigenvalue weighted by molar-refractivity contribution is 0.233. The Balaban J connectivity index is 2.86. The normalized spacial score (nSPS) is 13.8. The number of phenolic OH excluding ortho intramolecular Hbond substituents is 1. The van der Waals surface area contributed by atoms with Crippen LogP contribution >= 0.6 is 0 Å². The first kappa shape index (κ1) is 16.8. The van der Waals surface area contributed by atoms with Gasteiger partial charge in [0, 0.05) is 6.42 Å². The van der Waals surface area contributed by atoms with E-state index in [1.165, 1.54) is 0 Å². The molecule has 1 aromatic carbocycles. The maximum Gasteiger partial charge on any atom is 0.193 e. The fraction of sp³-hybridized carbons (Fsp3) is 0.529. The van der Waals surface area contributed by atoms with Gasteiger partial charge in [-0.15, -0.1) is 6.42 Å². The zero-order valence-corrected chi connectivity index (χ0v) is 14.4. The number of aryl methyl sites for hydroxylation is 1. The van der Waals surface area contributed by atoms with Crippen LogP contribution in [0, 0.1) is 19.3 Å². The average molecular weight is 290 g/mol. The van der Waals surface area contributed by atoms with E-state index in [1.54, 1.807) is 12.1 Å². The molecular weight excluding hydrogens is 264 g/mol. The minimum absolute atomic E-state index is 0.136. The van der Waals surface area contributed by atoms with Crippen molar-refractivity contribution < 1.29 is 9.53 Å². The number of hydrogen-bond donors (Lipinski definition) is 1. The molecule has 1 atom stereocenters. The van der Waals surface area contributed by atoms with Crippen LogP contribution in [0.25, 0.3) is 0 Å². The van der Waals surface area contributed by atoms with Gasteiger partial charge in [0.05, 0.1) is 0 Å². The predicted molar refractivity (Wildman–Crippen MR) is 87.5 cm³/mol. The summed E-state index contributed by atoms with van der Waals surface area (Å²) in [6.45, 7) is 13.0. The number of terminal acetylenes is 1. The van der Waals surface area contributed by atoms with Crippen LogP contribution in [0.2, 0.25) is 18.1 Å². The highest BCUT2D eigenvalue weighted by molar-refractivity contribution is 6.74. The number of benzene rings is 1. The highest BCUT2D eigenvalue weighted by atomic mass is 28.4. The fourth-order valence-electron chi connectivity index (χ4n) is 1.84. The van der Waals surface area contributed by atoms with Crippen molar-refractivity contribution in [3.8, 4) is 18.1 Å². The summed E-state index contributed by atoms with van der Waals surface area (Å²) >= 11 is 0. The van der Waals surface area contributed by atoms with Crippen molar-refractivity contribution in [2.75, 3.05) is 0 Å². The molecule has 110 valence electrons. The molecule has 0 aliphatic heterocycles. The van der Waals surface area contributed by atoms with E-state index in [-0.39, 0.29) is 16.9 Å². The Morgan fingerprint density at radius 1 is 1.30 bits per heavy atom. The maximum atomic E-state index is 9.66. The summed E-state index contributed by atoms with van der Waals surface area (Å²) in [4.78, 5) is 0. The largest absolute Gasteiger partial charge is 0.508 e. The van der Waals surface area contributed by atoms with Gasteiger partial charge in [0.2, 0.25) is 0 Å². The summed E-state index contributed by atoms with van der Waals surface area (Å²) in [5.41, 5.74) is 2.05. The van der Waals surface area contributed by atoms with Crippen molar-refractivity contribution in [3.05, 3.63) is 29.3 Å². The summed E-state index contributed by atoms with van der Waals surface area (Å²) in [5, 5.41) is 9.79. The molecule has 1 rings (SSSR count). The van der Waals surface area contributed by atoms with Gasteiger partial charge in [0.25, 0.3) is 0 Å². The van der Waals surface area contributed by atoms with E-state index in [4.69, 9.17) is 10.8 Å². The molecule has 0 spiro atoms. The lowest BCUT2D eigenvalue weighted by atomic mass is 10.1. The Bertz CT molecular complexity index is 486. The smallest absolute Gasteiger partial charge is 0.193 e. The van der Waals surface area contributed by atoms with E-state index in [9.17, 15) is 5.11 Å². The van der Waals surface area contributed by atoms with Gasteiger partial charge >= 0.3 is 0 Å². The molecule has 1 aromatic rings. The van der Waals surface area contributed by atoms with Crippen LogP contribution in [0.15, 0.2) is 18.2 Å². The molecule has 0 bridgehead atoms. The average Bonchev–Trinajstić information content (AvgIpc) is 2.24. The zero-order valence-electron chi connectivity index (χ0n) is 13.4. The second-order valence-electron chi connectivity index (χ2n) is 6.91. The number of rotatable bonds is 4. The van der Waals surface area contributed by atoms with E-state index >= 15 is 0 Å². The molecule has 0 radical (unpaired) electrons. The number of phenols is 1. The van der Waals surface area contributed by atoms with Crippen molar-refractivity contribution in [2.24, 2.45) is 0 Å². The van der Waals surface area contributed by atoms with Gasteiger partial charge in [0.1, 0.15) is 11.9 Å². The molecule has 0 saturated heterocycles. The van der Waals surface area contributed by atoms with Crippen molar-refractivity contribution in [1.82, 2.24) is 0 Å². The monoisotopic (exact) mass is 290 g/mol. The van der Waals surface area contributed by atoms with Crippen LogP contribution in [-0.4, -0.2) is 19.5 Å². The van der Waals surface area contributed by atoms with E-state index in [0.29, 0.717) is 6.42 Å². The zero-order chi connectivity index (χ0) is 15.6. The highest BCUT2D eigenvalue weighted by Crippen LogP contribution is 2.37. The number of hydrogen-bond acceptors (Lipinski definition) is 2. The lowest BCUT2D eigenvalue weighted by Crippen LogP contribution is -2.44. The minimum atomic E-state index is -1.88. The van der Waals surface area contributed by atoms with Crippen LogP contribution in [0.5, 0.6) is 5.75 Å². The molecule has 20 heavy (non-hydrogen) atoms. The van der Waals surface area contributed by atoms with Gasteiger partial charge < -0.3 is 9.53 Å². The highest BCUT2D eigenvalue weighted by Gasteiger charge is 2.38. The van der Waals surface area contributed by atoms with Crippen LogP contribution < -0.4 is 0 Å². The van der Waals surface area contributed by atoms with Crippen LogP contribution in [-0.2, 0) is 10.8 Å². The first-order chi connectivity index (χ1) is 9.05. The summed E-state index contributed by atoms with van der Waals surface area (Å²) in [6, 6.07) is 5.54. The minimum Gasteiger partial charge on any atom is -0.508 e. The Labute approximate surface area is 124 Å². The third kappa shape index (κ3) is 4.40. The summed E-state index contributed by atoms with van der Waals surface area (Å²) in [5.74, 6) is 3.03. The predicted octanol–water partition coefficient (Wildman–Crippen LogP) is 4.27. The molecule has 3 heteroatoms. The Morgan fingerprint density at radius 3 is 2.35 bits per heavy atom. The van der Waals surface area contributed by atoms with Crippen molar-refractivity contribution in [1.29, 1.82) is 0 Å². The standard InChI is InChI=1S/C17H26O2Si/c1-8-16(19-20(6,7)17(3,4)5)12-14-9-13(2)10-15(18)11-14/h1,9-11,16,18H,12H2,2-7H3/t16-/m0/s1. The van der Waals surface area contributed by atoms with Gasteiger partial charge in [-0.25, -0.2) is 0 Å². The van der Waals surface area contributed by atoms with Gasteiger partial charge in [-0.05, 0) is 48.3 Å². The molecule has 0 aliphatic rings. The molecule has 0 fully saturated rings. The molecule has 0 saturated carbocycles. The fourth-order valence-corrected chi connectivity index (χ4v) is 3.06. The van der Waals surface area contributed by atoms with E-state index < -0.39 is 8.32 Å². The maximum absolute atomic E-state index is 9.66. The number of aromatic hydroxyl groups is 1. The lowest BCUT2D eigenvalue weighted by Gasteiger charge is -2.38. The third-order valence-electron chi connectivity index (χ3n) is 3.97. The topological polar surface area (TPSA) is 29.5 Å². The Hall–Kier alpha value is -1.24. The third-order valence-corrected chi connectivity index (χ3v) is 8.46.